The van der Waals surface area contributed by atoms with Crippen LogP contribution in [0.5, 0.6) is 0 Å². The molecule has 6 rings (SSSR count). The van der Waals surface area contributed by atoms with Crippen molar-refractivity contribution in [1.82, 2.24) is 31.5 Å². The first-order chi connectivity index (χ1) is 29.8. The third-order valence-electron chi connectivity index (χ3n) is 11.2. The Hall–Kier alpha value is -6.38. The number of rotatable bonds is 7. The first-order valence-corrected chi connectivity index (χ1v) is 21.2. The van der Waals surface area contributed by atoms with Gasteiger partial charge in [0, 0.05) is 32.5 Å². The molecule has 6 amide bonds. The van der Waals surface area contributed by atoms with Crippen LogP contribution in [0.25, 0.3) is 22.3 Å². The average molecular weight is 844 g/mol. The summed E-state index contributed by atoms with van der Waals surface area (Å²) in [6.07, 6.45) is 0.986. The molecule has 2 aliphatic heterocycles. The minimum absolute atomic E-state index is 0.00525. The normalized spacial score (nSPS) is 22.6. The average Bonchev–Trinajstić information content (AvgIpc) is 3.77. The lowest BCUT2D eigenvalue weighted by Crippen LogP contribution is -2.61. The SMILES string of the molecule is CC(C)(C)[C@@H]1NC(=O)COCCNC(=O)[C@@H](CN)NC(=O)[C@@H](Cc2ccc(-c3ccccc3)cc2)NC(=O)[C@@H](Cc2ccc(-c3ccccc3)cc2)NC(=O)[C@@H]2CCCN2C1=O. The quantitative estimate of drug-likeness (QED) is 0.163. The summed E-state index contributed by atoms with van der Waals surface area (Å²) in [4.78, 5) is 85.1. The molecule has 2 aliphatic rings. The van der Waals surface area contributed by atoms with Crippen molar-refractivity contribution in [3.8, 4) is 22.3 Å². The van der Waals surface area contributed by atoms with Crippen molar-refractivity contribution < 1.29 is 33.5 Å². The monoisotopic (exact) mass is 843 g/mol. The summed E-state index contributed by atoms with van der Waals surface area (Å²) < 4.78 is 5.52. The maximum atomic E-state index is 14.6. The highest BCUT2D eigenvalue weighted by Crippen LogP contribution is 2.27. The topological polar surface area (TPSA) is 201 Å². The zero-order chi connectivity index (χ0) is 44.2. The van der Waals surface area contributed by atoms with E-state index >= 15 is 0 Å². The molecule has 7 N–H and O–H groups in total. The molecule has 326 valence electrons. The molecule has 14 heteroatoms. The predicted octanol–water partition coefficient (Wildman–Crippen LogP) is 2.89. The number of ether oxygens (including phenoxy) is 1. The van der Waals surface area contributed by atoms with Gasteiger partial charge >= 0.3 is 0 Å². The van der Waals surface area contributed by atoms with Crippen molar-refractivity contribution in [2.75, 3.05) is 32.8 Å². The standard InChI is InChI=1S/C48H57N7O7/c1-48(2,3)42-47(61)55-25-10-15-40(55)46(60)52-38(28-32-18-22-36(23-19-32)34-13-8-5-9-14-34)44(58)51-37(27-31-16-20-35(21-17-31)33-11-6-4-7-12-33)45(59)53-39(29-49)43(57)50-24-26-62-30-41(56)54-42/h4-9,11-14,16-23,37-40,42H,10,15,24-30,49H2,1-3H3,(H,50,57)(H,51,58)(H,52,60)(H,53,59)(H,54,56)/t37-,38-,39-,40+,42-/m1/s1. The van der Waals surface area contributed by atoms with Gasteiger partial charge in [0.25, 0.3) is 0 Å². The fourth-order valence-electron chi connectivity index (χ4n) is 7.72. The van der Waals surface area contributed by atoms with Crippen molar-refractivity contribution in [2.24, 2.45) is 11.1 Å². The van der Waals surface area contributed by atoms with Gasteiger partial charge < -0.3 is 42.0 Å². The maximum Gasteiger partial charge on any atom is 0.246 e. The van der Waals surface area contributed by atoms with Gasteiger partial charge in [-0.2, -0.15) is 0 Å². The number of benzene rings is 4. The minimum Gasteiger partial charge on any atom is -0.370 e. The molecular formula is C48H57N7O7. The second-order valence-corrected chi connectivity index (χ2v) is 16.9. The second-order valence-electron chi connectivity index (χ2n) is 16.9. The van der Waals surface area contributed by atoms with Gasteiger partial charge in [-0.3, -0.25) is 28.8 Å². The van der Waals surface area contributed by atoms with Gasteiger partial charge in [-0.25, -0.2) is 0 Å². The number of carbonyl (C=O) groups excluding carboxylic acids is 6. The van der Waals surface area contributed by atoms with Crippen LogP contribution < -0.4 is 32.3 Å². The molecule has 5 atom stereocenters. The summed E-state index contributed by atoms with van der Waals surface area (Å²) in [6.45, 7) is 5.07. The van der Waals surface area contributed by atoms with E-state index in [-0.39, 0.29) is 45.7 Å². The summed E-state index contributed by atoms with van der Waals surface area (Å²) in [5.41, 5.74) is 10.7. The first-order valence-electron chi connectivity index (χ1n) is 21.2. The lowest BCUT2D eigenvalue weighted by atomic mass is 9.85. The van der Waals surface area contributed by atoms with E-state index in [1.807, 2.05) is 130 Å². The van der Waals surface area contributed by atoms with Crippen LogP contribution >= 0.6 is 0 Å². The van der Waals surface area contributed by atoms with Crippen molar-refractivity contribution in [3.05, 3.63) is 120 Å². The van der Waals surface area contributed by atoms with Gasteiger partial charge in [0.05, 0.1) is 6.61 Å². The molecule has 0 aromatic heterocycles. The molecule has 4 aromatic rings. The van der Waals surface area contributed by atoms with Crippen LogP contribution in [0.4, 0.5) is 0 Å². The van der Waals surface area contributed by atoms with Crippen LogP contribution in [-0.2, 0) is 46.3 Å². The molecule has 2 saturated heterocycles. The van der Waals surface area contributed by atoms with E-state index in [0.717, 1.165) is 33.4 Å². The van der Waals surface area contributed by atoms with Gasteiger partial charge in [0.1, 0.15) is 36.8 Å². The maximum absolute atomic E-state index is 14.6. The van der Waals surface area contributed by atoms with Crippen LogP contribution in [0.15, 0.2) is 109 Å². The van der Waals surface area contributed by atoms with E-state index in [1.54, 1.807) is 0 Å². The van der Waals surface area contributed by atoms with E-state index in [0.29, 0.717) is 12.8 Å². The molecule has 0 radical (unpaired) electrons. The number of nitrogens with one attached hydrogen (secondary N) is 5. The molecule has 14 nitrogen and oxygen atoms in total. The number of carbonyl (C=O) groups is 6. The number of amides is 6. The lowest BCUT2D eigenvalue weighted by Gasteiger charge is -2.35. The van der Waals surface area contributed by atoms with Crippen LogP contribution in [0.2, 0.25) is 0 Å². The van der Waals surface area contributed by atoms with Crippen LogP contribution in [-0.4, -0.2) is 103 Å². The Morgan fingerprint density at radius 2 is 1.10 bits per heavy atom. The van der Waals surface area contributed by atoms with Gasteiger partial charge in [0.2, 0.25) is 35.4 Å². The van der Waals surface area contributed by atoms with Crippen LogP contribution in [0.1, 0.15) is 44.7 Å². The molecule has 0 unspecified atom stereocenters. The molecule has 62 heavy (non-hydrogen) atoms. The highest BCUT2D eigenvalue weighted by atomic mass is 16.5. The van der Waals surface area contributed by atoms with Crippen LogP contribution in [0.3, 0.4) is 0 Å². The van der Waals surface area contributed by atoms with Crippen molar-refractivity contribution >= 4 is 35.4 Å². The Morgan fingerprint density at radius 3 is 1.60 bits per heavy atom. The van der Waals surface area contributed by atoms with Gasteiger partial charge in [0.15, 0.2) is 0 Å². The number of nitrogens with two attached hydrogens (primary N) is 1. The Morgan fingerprint density at radius 1 is 0.613 bits per heavy atom. The molecule has 4 aromatic carbocycles. The highest BCUT2D eigenvalue weighted by molar-refractivity contribution is 5.97. The van der Waals surface area contributed by atoms with E-state index in [1.165, 1.54) is 4.90 Å². The van der Waals surface area contributed by atoms with E-state index in [4.69, 9.17) is 10.5 Å². The zero-order valence-electron chi connectivity index (χ0n) is 35.5. The van der Waals surface area contributed by atoms with Crippen molar-refractivity contribution in [1.29, 1.82) is 0 Å². The third-order valence-corrected chi connectivity index (χ3v) is 11.2. The van der Waals surface area contributed by atoms with Gasteiger partial charge in [-0.1, -0.05) is 130 Å². The predicted molar refractivity (Wildman–Crippen MR) is 236 cm³/mol. The number of nitrogens with zero attached hydrogens (tertiary/aromatic N) is 1. The summed E-state index contributed by atoms with van der Waals surface area (Å²) >= 11 is 0. The van der Waals surface area contributed by atoms with E-state index in [9.17, 15) is 28.8 Å². The Balaban J connectivity index is 1.33. The number of hydrogen-bond acceptors (Lipinski definition) is 8. The van der Waals surface area contributed by atoms with Gasteiger partial charge in [-0.15, -0.1) is 0 Å². The molecule has 2 heterocycles. The number of fused-ring (bicyclic) bond motifs is 1. The van der Waals surface area contributed by atoms with Gasteiger partial charge in [-0.05, 0) is 51.6 Å². The molecular weight excluding hydrogens is 787 g/mol. The Labute approximate surface area is 362 Å². The van der Waals surface area contributed by atoms with E-state index in [2.05, 4.69) is 26.6 Å². The fourth-order valence-corrected chi connectivity index (χ4v) is 7.72. The summed E-state index contributed by atoms with van der Waals surface area (Å²) in [5.74, 6) is -3.39. The smallest absolute Gasteiger partial charge is 0.246 e. The van der Waals surface area contributed by atoms with Crippen molar-refractivity contribution in [2.45, 2.75) is 76.7 Å². The first kappa shape index (κ1) is 45.2. The Bertz CT molecular complexity index is 2180. The summed E-state index contributed by atoms with van der Waals surface area (Å²) in [7, 11) is 0. The molecule has 0 bridgehead atoms. The third kappa shape index (κ3) is 11.9. The molecule has 0 saturated carbocycles. The summed E-state index contributed by atoms with van der Waals surface area (Å²) in [5, 5.41) is 14.0. The fraction of sp³-hybridized carbons (Fsp3) is 0.375. The second kappa shape index (κ2) is 20.9. The molecule has 0 spiro atoms. The zero-order valence-corrected chi connectivity index (χ0v) is 35.5. The van der Waals surface area contributed by atoms with Crippen molar-refractivity contribution in [3.63, 3.8) is 0 Å². The van der Waals surface area contributed by atoms with Crippen LogP contribution in [0, 0.1) is 5.41 Å². The lowest BCUT2D eigenvalue weighted by molar-refractivity contribution is -0.145. The molecule has 0 aliphatic carbocycles. The van der Waals surface area contributed by atoms with E-state index < -0.39 is 71.1 Å². The largest absolute Gasteiger partial charge is 0.370 e. The highest BCUT2D eigenvalue weighted by Gasteiger charge is 2.43. The Kier molecular flexibility index (Phi) is 15.2. The summed E-state index contributed by atoms with van der Waals surface area (Å²) in [6, 6.07) is 29.4. The molecule has 2 fully saturated rings. The number of hydrogen-bond donors (Lipinski definition) is 6. The minimum atomic E-state index is -1.20.